The summed E-state index contributed by atoms with van der Waals surface area (Å²) in [6.07, 6.45) is 4.35. The zero-order chi connectivity index (χ0) is 27.7. The molecule has 38 heavy (non-hydrogen) atoms. The van der Waals surface area contributed by atoms with Crippen LogP contribution in [0.3, 0.4) is 0 Å². The van der Waals surface area contributed by atoms with Crippen LogP contribution in [0.2, 0.25) is 5.02 Å². The summed E-state index contributed by atoms with van der Waals surface area (Å²) in [6.45, 7) is 0.398. The van der Waals surface area contributed by atoms with Gasteiger partial charge in [-0.05, 0) is 43.0 Å². The number of H-pyrrole nitrogens is 1. The first-order valence-electron chi connectivity index (χ1n) is 11.8. The third-order valence-electron chi connectivity index (χ3n) is 6.43. The Morgan fingerprint density at radius 3 is 2.34 bits per heavy atom. The van der Waals surface area contributed by atoms with Crippen LogP contribution in [-0.4, -0.2) is 76.1 Å². The first-order chi connectivity index (χ1) is 17.8. The van der Waals surface area contributed by atoms with E-state index in [-0.39, 0.29) is 36.9 Å². The zero-order valence-electron chi connectivity index (χ0n) is 20.8. The fraction of sp³-hybridized carbons (Fsp3) is 0.360. The monoisotopic (exact) mass is 581 g/mol. The number of benzene rings is 2. The van der Waals surface area contributed by atoms with Gasteiger partial charge in [-0.3, -0.25) is 18.7 Å². The molecule has 0 unspecified atom stereocenters. The van der Waals surface area contributed by atoms with Gasteiger partial charge in [-0.1, -0.05) is 35.9 Å². The van der Waals surface area contributed by atoms with Gasteiger partial charge in [0.1, 0.15) is 0 Å². The lowest BCUT2D eigenvalue weighted by molar-refractivity contribution is -0.132. The zero-order valence-corrected chi connectivity index (χ0v) is 23.2. The van der Waals surface area contributed by atoms with E-state index in [1.807, 2.05) is 0 Å². The smallest absolute Gasteiger partial charge is 0.264 e. The van der Waals surface area contributed by atoms with E-state index < -0.39 is 37.1 Å². The molecule has 0 radical (unpaired) electrons. The molecule has 2 heterocycles. The van der Waals surface area contributed by atoms with Gasteiger partial charge in [0.15, 0.2) is 9.84 Å². The number of nitrogens with one attached hydrogen (secondary N) is 1. The van der Waals surface area contributed by atoms with Crippen LogP contribution in [0, 0.1) is 5.92 Å². The highest BCUT2D eigenvalue weighted by Crippen LogP contribution is 2.29. The Bertz CT molecular complexity index is 1550. The lowest BCUT2D eigenvalue weighted by Gasteiger charge is -2.37. The van der Waals surface area contributed by atoms with Crippen molar-refractivity contribution in [2.75, 3.05) is 37.1 Å². The number of sulfone groups is 1. The Balaban J connectivity index is 1.66. The number of nitrogens with zero attached hydrogens (tertiary/aromatic N) is 2. The van der Waals surface area contributed by atoms with Crippen molar-refractivity contribution >= 4 is 60.0 Å². The van der Waals surface area contributed by atoms with Gasteiger partial charge >= 0.3 is 0 Å². The highest BCUT2D eigenvalue weighted by molar-refractivity contribution is 7.92. The molecular formula is C25H28ClN3O7S2. The van der Waals surface area contributed by atoms with Crippen molar-refractivity contribution < 1.29 is 30.6 Å². The molecule has 204 valence electrons. The van der Waals surface area contributed by atoms with E-state index in [4.69, 9.17) is 15.8 Å². The van der Waals surface area contributed by atoms with Crippen LogP contribution in [0.5, 0.6) is 0 Å². The quantitative estimate of drug-likeness (QED) is 0.404. The molecule has 13 heteroatoms. The van der Waals surface area contributed by atoms with E-state index in [2.05, 4.69) is 4.98 Å². The summed E-state index contributed by atoms with van der Waals surface area (Å²) in [4.78, 5) is 33.0. The number of carbonyl (C=O) groups excluding carboxylic acids is 2. The van der Waals surface area contributed by atoms with Crippen molar-refractivity contribution in [1.29, 1.82) is 0 Å². The Morgan fingerprint density at radius 2 is 1.74 bits per heavy atom. The molecule has 0 saturated carbocycles. The first kappa shape index (κ1) is 28.1. The Hall–Kier alpha value is -2.93. The van der Waals surface area contributed by atoms with Crippen molar-refractivity contribution in [3.8, 4) is 0 Å². The molecule has 10 nitrogen and oxygen atoms in total. The van der Waals surface area contributed by atoms with Crippen LogP contribution in [0.25, 0.3) is 10.9 Å². The van der Waals surface area contributed by atoms with E-state index in [0.717, 1.165) is 17.4 Å². The number of carbonyl (C=O) groups is 2. The number of halogens is 1. The van der Waals surface area contributed by atoms with Crippen LogP contribution in [0.15, 0.2) is 54.7 Å². The summed E-state index contributed by atoms with van der Waals surface area (Å²) in [5.41, 5.74) is 1.02. The maximum absolute atomic E-state index is 13.9. The number of aromatic amines is 1. The minimum absolute atomic E-state index is 0.00374. The summed E-state index contributed by atoms with van der Waals surface area (Å²) in [5.74, 6) is -1.49. The molecule has 2 aromatic carbocycles. The highest BCUT2D eigenvalue weighted by atomic mass is 35.5. The number of likely N-dealkylation sites (tertiary alicyclic amines) is 1. The van der Waals surface area contributed by atoms with Crippen LogP contribution in [-0.2, 0) is 28.9 Å². The molecule has 1 saturated heterocycles. The molecule has 2 amide bonds. The lowest BCUT2D eigenvalue weighted by Crippen LogP contribution is -2.56. The highest BCUT2D eigenvalue weighted by Gasteiger charge is 2.42. The number of aromatic nitrogens is 1. The molecule has 1 aliphatic rings. The van der Waals surface area contributed by atoms with Crippen LogP contribution in [0.4, 0.5) is 5.69 Å². The standard InChI is InChI=1S/C25H28ClN3O7S2/c1-37(32,33)25(24(31)28-12-10-17(11-13-28)16-36-38(2,34)35)29(19-6-4-3-5-7-19)23(30)18-8-9-20-21(26)15-27-22(20)14-18/h3-9,14-15,17,25,27H,10-13,16H2,1-2H3/t25-/m0/s1. The maximum Gasteiger partial charge on any atom is 0.264 e. The summed E-state index contributed by atoms with van der Waals surface area (Å²) in [5, 5.41) is -0.620. The van der Waals surface area contributed by atoms with Gasteiger partial charge in [0.2, 0.25) is 5.37 Å². The van der Waals surface area contributed by atoms with E-state index >= 15 is 0 Å². The second-order valence-corrected chi connectivity index (χ2v) is 13.5. The number of hydrogen-bond donors (Lipinski definition) is 1. The molecular weight excluding hydrogens is 554 g/mol. The van der Waals surface area contributed by atoms with Crippen molar-refractivity contribution in [2.45, 2.75) is 18.2 Å². The number of hydrogen-bond acceptors (Lipinski definition) is 7. The SMILES string of the molecule is CS(=O)(=O)OCC1CCN(C(=O)[C@@H](N(C(=O)c2ccc3c(Cl)c[nH]c3c2)c2ccccc2)S(C)(=O)=O)CC1. The molecule has 0 spiro atoms. The van der Waals surface area contributed by atoms with Crippen LogP contribution >= 0.6 is 11.6 Å². The van der Waals surface area contributed by atoms with Crippen molar-refractivity contribution in [1.82, 2.24) is 9.88 Å². The van der Waals surface area contributed by atoms with Crippen LogP contribution < -0.4 is 4.90 Å². The number of fused-ring (bicyclic) bond motifs is 1. The van der Waals surface area contributed by atoms with E-state index in [0.29, 0.717) is 28.8 Å². The van der Waals surface area contributed by atoms with Gasteiger partial charge in [0.05, 0.1) is 17.9 Å². The van der Waals surface area contributed by atoms with E-state index in [1.54, 1.807) is 48.7 Å². The number of amides is 2. The van der Waals surface area contributed by atoms with E-state index in [1.165, 1.54) is 11.0 Å². The number of rotatable bonds is 8. The third-order valence-corrected chi connectivity index (χ3v) is 8.53. The molecule has 0 bridgehead atoms. The Morgan fingerprint density at radius 1 is 1.08 bits per heavy atom. The van der Waals surface area contributed by atoms with E-state index in [9.17, 15) is 26.4 Å². The average molecular weight is 582 g/mol. The Kier molecular flexibility index (Phi) is 8.17. The second-order valence-electron chi connectivity index (χ2n) is 9.35. The number of anilines is 1. The van der Waals surface area contributed by atoms with Gasteiger partial charge in [-0.2, -0.15) is 8.42 Å². The topological polar surface area (TPSA) is 134 Å². The van der Waals surface area contributed by atoms with Crippen molar-refractivity contribution in [3.05, 3.63) is 65.3 Å². The molecule has 1 aliphatic heterocycles. The second kappa shape index (κ2) is 11.0. The van der Waals surface area contributed by atoms with Gasteiger partial charge < -0.3 is 9.88 Å². The van der Waals surface area contributed by atoms with Gasteiger partial charge in [-0.15, -0.1) is 0 Å². The van der Waals surface area contributed by atoms with Crippen LogP contribution in [0.1, 0.15) is 23.2 Å². The molecule has 1 fully saturated rings. The van der Waals surface area contributed by atoms with Crippen molar-refractivity contribution in [3.63, 3.8) is 0 Å². The molecule has 1 N–H and O–H groups in total. The number of piperidine rings is 1. The predicted octanol–water partition coefficient (Wildman–Crippen LogP) is 3.05. The first-order valence-corrected chi connectivity index (χ1v) is 16.0. The van der Waals surface area contributed by atoms with Crippen molar-refractivity contribution in [2.24, 2.45) is 5.92 Å². The average Bonchev–Trinajstić information content (AvgIpc) is 3.25. The summed E-state index contributed by atoms with van der Waals surface area (Å²) in [7, 11) is -7.70. The van der Waals surface area contributed by atoms with Gasteiger partial charge in [-0.25, -0.2) is 8.42 Å². The lowest BCUT2D eigenvalue weighted by atomic mass is 9.98. The maximum atomic E-state index is 13.9. The molecule has 1 aromatic heterocycles. The molecule has 4 rings (SSSR count). The fourth-order valence-corrected chi connectivity index (χ4v) is 6.27. The third kappa shape index (κ3) is 6.37. The predicted molar refractivity (Wildman–Crippen MR) is 145 cm³/mol. The fourth-order valence-electron chi connectivity index (χ4n) is 4.49. The molecule has 3 aromatic rings. The molecule has 0 aliphatic carbocycles. The normalized spacial score (nSPS) is 15.9. The Labute approximate surface area is 226 Å². The summed E-state index contributed by atoms with van der Waals surface area (Å²) >= 11 is 6.16. The molecule has 1 atom stereocenters. The van der Waals surface area contributed by atoms with Gasteiger partial charge in [0.25, 0.3) is 21.9 Å². The van der Waals surface area contributed by atoms with Gasteiger partial charge in [0, 0.05) is 47.7 Å². The minimum Gasteiger partial charge on any atom is -0.360 e. The number of para-hydroxylation sites is 1. The largest absolute Gasteiger partial charge is 0.360 e. The summed E-state index contributed by atoms with van der Waals surface area (Å²) in [6, 6.07) is 12.9. The minimum atomic E-state index is -4.11. The summed E-state index contributed by atoms with van der Waals surface area (Å²) < 4.78 is 53.7.